The molecule has 0 spiro atoms. The van der Waals surface area contributed by atoms with Crippen molar-refractivity contribution in [3.8, 4) is 0 Å². The van der Waals surface area contributed by atoms with Crippen molar-refractivity contribution in [2.75, 3.05) is 13.2 Å². The van der Waals surface area contributed by atoms with E-state index < -0.39 is 0 Å². The lowest BCUT2D eigenvalue weighted by atomic mass is 10.2. The SMILES string of the molecule is O=c1ccn(CCOC2CCCCO2)c2ccsc12. The Morgan fingerprint density at radius 2 is 2.37 bits per heavy atom. The molecule has 0 aliphatic carbocycles. The summed E-state index contributed by atoms with van der Waals surface area (Å²) in [7, 11) is 0. The first-order valence-electron chi connectivity index (χ1n) is 6.64. The second kappa shape index (κ2) is 5.86. The Morgan fingerprint density at radius 3 is 3.21 bits per heavy atom. The zero-order chi connectivity index (χ0) is 13.1. The quantitative estimate of drug-likeness (QED) is 0.863. The van der Waals surface area contributed by atoms with Crippen LogP contribution in [-0.4, -0.2) is 24.1 Å². The molecular weight excluding hydrogens is 262 g/mol. The van der Waals surface area contributed by atoms with Gasteiger partial charge in [0, 0.05) is 25.4 Å². The van der Waals surface area contributed by atoms with Crippen molar-refractivity contribution in [2.24, 2.45) is 0 Å². The first-order chi connectivity index (χ1) is 9.34. The van der Waals surface area contributed by atoms with Gasteiger partial charge < -0.3 is 14.0 Å². The van der Waals surface area contributed by atoms with Crippen LogP contribution in [0.4, 0.5) is 0 Å². The normalized spacial score (nSPS) is 19.9. The van der Waals surface area contributed by atoms with E-state index in [2.05, 4.69) is 4.57 Å². The highest BCUT2D eigenvalue weighted by Gasteiger charge is 2.13. The minimum atomic E-state index is -0.0499. The third-order valence-corrected chi connectivity index (χ3v) is 4.28. The van der Waals surface area contributed by atoms with Crippen LogP contribution >= 0.6 is 11.3 Å². The van der Waals surface area contributed by atoms with Crippen molar-refractivity contribution in [3.05, 3.63) is 33.9 Å². The summed E-state index contributed by atoms with van der Waals surface area (Å²) in [5, 5.41) is 1.95. The molecule has 4 nitrogen and oxygen atoms in total. The zero-order valence-corrected chi connectivity index (χ0v) is 11.5. The van der Waals surface area contributed by atoms with E-state index >= 15 is 0 Å². The third kappa shape index (κ3) is 2.88. The van der Waals surface area contributed by atoms with Crippen LogP contribution in [0.25, 0.3) is 10.2 Å². The van der Waals surface area contributed by atoms with Crippen LogP contribution < -0.4 is 5.43 Å². The number of pyridine rings is 1. The van der Waals surface area contributed by atoms with Crippen molar-refractivity contribution in [1.29, 1.82) is 0 Å². The van der Waals surface area contributed by atoms with E-state index in [-0.39, 0.29) is 11.7 Å². The predicted octanol–water partition coefficient (Wildman–Crippen LogP) is 2.61. The average Bonchev–Trinajstić information content (AvgIpc) is 2.93. The Bertz CT molecular complexity index is 598. The van der Waals surface area contributed by atoms with E-state index in [4.69, 9.17) is 9.47 Å². The summed E-state index contributed by atoms with van der Waals surface area (Å²) in [4.78, 5) is 11.7. The highest BCUT2D eigenvalue weighted by atomic mass is 32.1. The standard InChI is InChI=1S/C14H17NO3S/c16-12-4-6-15(11-5-10-19-14(11)12)7-9-18-13-3-1-2-8-17-13/h4-6,10,13H,1-3,7-9H2. The van der Waals surface area contributed by atoms with Gasteiger partial charge in [0.05, 0.1) is 16.8 Å². The lowest BCUT2D eigenvalue weighted by Crippen LogP contribution is -2.24. The Kier molecular flexibility index (Phi) is 3.96. The molecule has 3 rings (SSSR count). The first-order valence-corrected chi connectivity index (χ1v) is 7.52. The van der Waals surface area contributed by atoms with E-state index in [1.54, 1.807) is 6.07 Å². The largest absolute Gasteiger partial charge is 0.353 e. The van der Waals surface area contributed by atoms with Gasteiger partial charge in [0.2, 0.25) is 0 Å². The molecule has 1 aliphatic rings. The van der Waals surface area contributed by atoms with Crippen LogP contribution in [0.3, 0.4) is 0 Å². The molecule has 1 unspecified atom stereocenters. The van der Waals surface area contributed by atoms with E-state index in [1.165, 1.54) is 17.8 Å². The summed E-state index contributed by atoms with van der Waals surface area (Å²) in [5.74, 6) is 0. The summed E-state index contributed by atoms with van der Waals surface area (Å²) in [5.41, 5.74) is 1.09. The molecule has 0 radical (unpaired) electrons. The number of thiophene rings is 1. The molecule has 1 aliphatic heterocycles. The van der Waals surface area contributed by atoms with Gasteiger partial charge in [-0.25, -0.2) is 0 Å². The van der Waals surface area contributed by atoms with Gasteiger partial charge in [-0.3, -0.25) is 4.79 Å². The fraction of sp³-hybridized carbons (Fsp3) is 0.500. The molecule has 0 aromatic carbocycles. The fourth-order valence-electron chi connectivity index (χ4n) is 2.35. The van der Waals surface area contributed by atoms with Crippen molar-refractivity contribution in [1.82, 2.24) is 4.57 Å². The van der Waals surface area contributed by atoms with E-state index in [0.717, 1.165) is 36.2 Å². The van der Waals surface area contributed by atoms with Crippen LogP contribution in [0.1, 0.15) is 19.3 Å². The maximum absolute atomic E-state index is 11.7. The molecule has 1 atom stereocenters. The molecule has 0 amide bonds. The maximum Gasteiger partial charge on any atom is 0.199 e. The first kappa shape index (κ1) is 12.8. The van der Waals surface area contributed by atoms with E-state index in [1.807, 2.05) is 17.6 Å². The second-order valence-corrected chi connectivity index (χ2v) is 5.59. The molecular formula is C14H17NO3S. The molecule has 1 saturated heterocycles. The van der Waals surface area contributed by atoms with Gasteiger partial charge >= 0.3 is 0 Å². The molecule has 3 heterocycles. The molecule has 1 fully saturated rings. The molecule has 19 heavy (non-hydrogen) atoms. The second-order valence-electron chi connectivity index (χ2n) is 4.68. The van der Waals surface area contributed by atoms with Gasteiger partial charge in [0.15, 0.2) is 11.7 Å². The molecule has 0 N–H and O–H groups in total. The van der Waals surface area contributed by atoms with Crippen LogP contribution in [0, 0.1) is 0 Å². The molecule has 102 valence electrons. The number of hydrogen-bond acceptors (Lipinski definition) is 4. The van der Waals surface area contributed by atoms with E-state index in [0.29, 0.717) is 6.61 Å². The van der Waals surface area contributed by atoms with Crippen molar-refractivity contribution < 1.29 is 9.47 Å². The van der Waals surface area contributed by atoms with Gasteiger partial charge in [-0.15, -0.1) is 11.3 Å². The van der Waals surface area contributed by atoms with Gasteiger partial charge in [0.1, 0.15) is 0 Å². The summed E-state index contributed by atoms with van der Waals surface area (Å²) >= 11 is 1.49. The average molecular weight is 279 g/mol. The van der Waals surface area contributed by atoms with Gasteiger partial charge in [-0.2, -0.15) is 0 Å². The fourth-order valence-corrected chi connectivity index (χ4v) is 3.17. The minimum absolute atomic E-state index is 0.0499. The van der Waals surface area contributed by atoms with Gasteiger partial charge in [-0.1, -0.05) is 0 Å². The monoisotopic (exact) mass is 279 g/mol. The Labute approximate surface area is 115 Å². The summed E-state index contributed by atoms with van der Waals surface area (Å²) < 4.78 is 14.1. The summed E-state index contributed by atoms with van der Waals surface area (Å²) in [6, 6.07) is 3.61. The lowest BCUT2D eigenvalue weighted by Gasteiger charge is -2.23. The third-order valence-electron chi connectivity index (χ3n) is 3.36. The zero-order valence-electron chi connectivity index (χ0n) is 10.7. The van der Waals surface area contributed by atoms with Crippen LogP contribution in [0.2, 0.25) is 0 Å². The molecule has 2 aromatic rings. The Hall–Kier alpha value is -1.17. The molecule has 5 heteroatoms. The highest BCUT2D eigenvalue weighted by molar-refractivity contribution is 7.17. The van der Waals surface area contributed by atoms with Crippen molar-refractivity contribution >= 4 is 21.6 Å². The number of aromatic nitrogens is 1. The predicted molar refractivity (Wildman–Crippen MR) is 75.6 cm³/mol. The molecule has 0 saturated carbocycles. The number of rotatable bonds is 4. The van der Waals surface area contributed by atoms with Gasteiger partial charge in [-0.05, 0) is 30.7 Å². The van der Waals surface area contributed by atoms with E-state index in [9.17, 15) is 4.79 Å². The van der Waals surface area contributed by atoms with Crippen LogP contribution in [-0.2, 0) is 16.0 Å². The number of fused-ring (bicyclic) bond motifs is 1. The maximum atomic E-state index is 11.7. The smallest absolute Gasteiger partial charge is 0.199 e. The minimum Gasteiger partial charge on any atom is -0.353 e. The summed E-state index contributed by atoms with van der Waals surface area (Å²) in [6.45, 7) is 2.16. The molecule has 0 bridgehead atoms. The Morgan fingerprint density at radius 1 is 1.42 bits per heavy atom. The number of hydrogen-bond donors (Lipinski definition) is 0. The topological polar surface area (TPSA) is 40.5 Å². The van der Waals surface area contributed by atoms with Crippen molar-refractivity contribution in [2.45, 2.75) is 32.1 Å². The van der Waals surface area contributed by atoms with Crippen LogP contribution in [0.15, 0.2) is 28.5 Å². The number of ether oxygens (including phenoxy) is 2. The molecule has 2 aromatic heterocycles. The van der Waals surface area contributed by atoms with Crippen molar-refractivity contribution in [3.63, 3.8) is 0 Å². The van der Waals surface area contributed by atoms with Gasteiger partial charge in [0.25, 0.3) is 0 Å². The Balaban J connectivity index is 1.63. The summed E-state index contributed by atoms with van der Waals surface area (Å²) in [6.07, 6.45) is 5.08. The lowest BCUT2D eigenvalue weighted by molar-refractivity contribution is -0.163. The highest BCUT2D eigenvalue weighted by Crippen LogP contribution is 2.17. The van der Waals surface area contributed by atoms with Crippen LogP contribution in [0.5, 0.6) is 0 Å². The number of nitrogens with zero attached hydrogens (tertiary/aromatic N) is 1.